The summed E-state index contributed by atoms with van der Waals surface area (Å²) in [6.07, 6.45) is 3.48. The molecular formula is C29H23BrN6OS. The topological polar surface area (TPSA) is 77.6 Å². The number of nitrogens with one attached hydrogen (secondary N) is 1. The highest BCUT2D eigenvalue weighted by Gasteiger charge is 2.18. The number of hydrogen-bond donors (Lipinski definition) is 1. The molecule has 0 atom stereocenters. The number of carbonyl (C=O) groups excluding carboxylic acids is 1. The van der Waals surface area contributed by atoms with Crippen molar-refractivity contribution < 1.29 is 4.79 Å². The number of thioether (sulfide) groups is 1. The fourth-order valence-electron chi connectivity index (χ4n) is 4.67. The van der Waals surface area contributed by atoms with Crippen LogP contribution in [0.4, 0.5) is 5.69 Å². The average molecular weight is 584 g/mol. The zero-order valence-electron chi connectivity index (χ0n) is 20.5. The molecule has 6 rings (SSSR count). The van der Waals surface area contributed by atoms with E-state index in [0.29, 0.717) is 11.0 Å². The highest BCUT2D eigenvalue weighted by Crippen LogP contribution is 2.32. The lowest BCUT2D eigenvalue weighted by atomic mass is 10.1. The molecule has 0 aliphatic carbocycles. The van der Waals surface area contributed by atoms with E-state index in [2.05, 4.69) is 78.3 Å². The molecule has 0 fully saturated rings. The smallest absolute Gasteiger partial charge is 0.234 e. The van der Waals surface area contributed by atoms with Gasteiger partial charge in [0.1, 0.15) is 0 Å². The van der Waals surface area contributed by atoms with E-state index in [1.165, 1.54) is 22.7 Å². The zero-order valence-corrected chi connectivity index (χ0v) is 22.9. The summed E-state index contributed by atoms with van der Waals surface area (Å²) in [6, 6.07) is 26.2. The normalized spacial score (nSPS) is 11.3. The minimum Gasteiger partial charge on any atom is -0.341 e. The van der Waals surface area contributed by atoms with Crippen LogP contribution < -0.4 is 5.32 Å². The number of nitrogens with zero attached hydrogens (tertiary/aromatic N) is 5. The lowest BCUT2D eigenvalue weighted by Gasteiger charge is -2.11. The van der Waals surface area contributed by atoms with Gasteiger partial charge in [0.2, 0.25) is 5.91 Å². The molecule has 0 aliphatic rings. The number of aromatic nitrogens is 5. The third-order valence-corrected chi connectivity index (χ3v) is 7.80. The minimum atomic E-state index is -0.109. The van der Waals surface area contributed by atoms with Crippen molar-refractivity contribution >= 4 is 61.1 Å². The first kappa shape index (κ1) is 24.4. The van der Waals surface area contributed by atoms with Gasteiger partial charge in [-0.1, -0.05) is 45.9 Å². The molecule has 6 aromatic rings. The van der Waals surface area contributed by atoms with Crippen molar-refractivity contribution in [1.82, 2.24) is 24.3 Å². The van der Waals surface area contributed by atoms with Crippen LogP contribution in [0.2, 0.25) is 0 Å². The lowest BCUT2D eigenvalue weighted by Crippen LogP contribution is -2.14. The number of rotatable bonds is 7. The van der Waals surface area contributed by atoms with Gasteiger partial charge in [-0.3, -0.25) is 14.3 Å². The maximum absolute atomic E-state index is 13.0. The van der Waals surface area contributed by atoms with Crippen molar-refractivity contribution in [1.29, 1.82) is 0 Å². The number of amides is 1. The number of carbonyl (C=O) groups is 1. The number of anilines is 1. The second kappa shape index (κ2) is 10.4. The molecule has 0 spiro atoms. The third-order valence-electron chi connectivity index (χ3n) is 6.34. The van der Waals surface area contributed by atoms with Gasteiger partial charge < -0.3 is 9.88 Å². The fraction of sp³-hybridized carbons (Fsp3) is 0.103. The van der Waals surface area contributed by atoms with E-state index in [0.717, 1.165) is 38.9 Å². The Labute approximate surface area is 232 Å². The molecule has 3 heterocycles. The number of halogens is 1. The Balaban J connectivity index is 1.25. The molecule has 1 N–H and O–H groups in total. The summed E-state index contributed by atoms with van der Waals surface area (Å²) in [5.74, 6) is 0.749. The van der Waals surface area contributed by atoms with Gasteiger partial charge in [0.15, 0.2) is 11.0 Å². The lowest BCUT2D eigenvalue weighted by molar-refractivity contribution is -0.113. The summed E-state index contributed by atoms with van der Waals surface area (Å²) in [4.78, 5) is 17.2. The molecule has 0 unspecified atom stereocenters. The Morgan fingerprint density at radius 3 is 2.55 bits per heavy atom. The van der Waals surface area contributed by atoms with Crippen LogP contribution in [0.25, 0.3) is 38.9 Å². The van der Waals surface area contributed by atoms with Crippen LogP contribution >= 0.6 is 27.7 Å². The number of aryl methyl sites for hydroxylation is 1. The van der Waals surface area contributed by atoms with Crippen molar-refractivity contribution in [3.63, 3.8) is 0 Å². The quantitative estimate of drug-likeness (QED) is 0.206. The molecule has 0 bridgehead atoms. The average Bonchev–Trinajstić information content (AvgIpc) is 3.52. The van der Waals surface area contributed by atoms with Crippen molar-refractivity contribution in [2.75, 3.05) is 11.1 Å². The van der Waals surface area contributed by atoms with E-state index in [1.54, 1.807) is 12.4 Å². The van der Waals surface area contributed by atoms with E-state index in [9.17, 15) is 4.79 Å². The van der Waals surface area contributed by atoms with Crippen LogP contribution in [0.1, 0.15) is 6.92 Å². The van der Waals surface area contributed by atoms with E-state index in [1.807, 2.05) is 53.1 Å². The predicted octanol–water partition coefficient (Wildman–Crippen LogP) is 6.95. The summed E-state index contributed by atoms with van der Waals surface area (Å²) in [5, 5.41) is 14.8. The van der Waals surface area contributed by atoms with Crippen LogP contribution in [0.15, 0.2) is 101 Å². The van der Waals surface area contributed by atoms with E-state index in [4.69, 9.17) is 0 Å². The minimum absolute atomic E-state index is 0.109. The molecule has 7 nitrogen and oxygen atoms in total. The number of fused-ring (bicyclic) bond motifs is 3. The summed E-state index contributed by atoms with van der Waals surface area (Å²) in [5.41, 5.74) is 4.87. The highest BCUT2D eigenvalue weighted by atomic mass is 79.9. The maximum Gasteiger partial charge on any atom is 0.234 e. The van der Waals surface area contributed by atoms with Gasteiger partial charge in [-0.2, -0.15) is 0 Å². The Morgan fingerprint density at radius 2 is 1.76 bits per heavy atom. The molecule has 9 heteroatoms. The second-order valence-electron chi connectivity index (χ2n) is 8.69. The highest BCUT2D eigenvalue weighted by molar-refractivity contribution is 9.10. The van der Waals surface area contributed by atoms with E-state index in [-0.39, 0.29) is 11.7 Å². The first-order valence-corrected chi connectivity index (χ1v) is 14.0. The van der Waals surface area contributed by atoms with Crippen LogP contribution in [0, 0.1) is 0 Å². The van der Waals surface area contributed by atoms with Crippen LogP contribution in [-0.2, 0) is 11.3 Å². The van der Waals surface area contributed by atoms with Crippen molar-refractivity contribution in [3.05, 3.63) is 95.7 Å². The number of hydrogen-bond acceptors (Lipinski definition) is 5. The second-order valence-corrected chi connectivity index (χ2v) is 10.5. The molecular weight excluding hydrogens is 560 g/mol. The Bertz CT molecular complexity index is 1760. The summed E-state index contributed by atoms with van der Waals surface area (Å²) >= 11 is 4.84. The molecule has 0 aliphatic heterocycles. The van der Waals surface area contributed by atoms with Gasteiger partial charge in [0.25, 0.3) is 0 Å². The molecule has 3 aromatic carbocycles. The molecule has 3 aromatic heterocycles. The third kappa shape index (κ3) is 4.59. The molecule has 38 heavy (non-hydrogen) atoms. The summed E-state index contributed by atoms with van der Waals surface area (Å²) in [6.45, 7) is 3.03. The SMILES string of the molecule is CCn1c2ccccc2c2cc(NC(=O)CSc3nnc(-c4cccnc4)n3-c3ccc(Br)cc3)ccc21. The number of para-hydroxylation sites is 1. The van der Waals surface area contributed by atoms with Crippen molar-refractivity contribution in [2.24, 2.45) is 0 Å². The van der Waals surface area contributed by atoms with Crippen molar-refractivity contribution in [2.45, 2.75) is 18.6 Å². The van der Waals surface area contributed by atoms with Gasteiger partial charge in [-0.15, -0.1) is 10.2 Å². The summed E-state index contributed by atoms with van der Waals surface area (Å²) < 4.78 is 5.22. The van der Waals surface area contributed by atoms with Crippen molar-refractivity contribution in [3.8, 4) is 17.1 Å². The maximum atomic E-state index is 13.0. The largest absolute Gasteiger partial charge is 0.341 e. The van der Waals surface area contributed by atoms with E-state index < -0.39 is 0 Å². The van der Waals surface area contributed by atoms with E-state index >= 15 is 0 Å². The molecule has 0 saturated heterocycles. The first-order chi connectivity index (χ1) is 18.6. The Hall–Kier alpha value is -3.95. The van der Waals surface area contributed by atoms with Crippen LogP contribution in [-0.4, -0.2) is 36.0 Å². The Kier molecular flexibility index (Phi) is 6.70. The Morgan fingerprint density at radius 1 is 0.947 bits per heavy atom. The summed E-state index contributed by atoms with van der Waals surface area (Å²) in [7, 11) is 0. The van der Waals surface area contributed by atoms with Gasteiger partial charge in [0.05, 0.1) is 5.75 Å². The van der Waals surface area contributed by atoms with Crippen LogP contribution in [0.5, 0.6) is 0 Å². The molecule has 0 saturated carbocycles. The van der Waals surface area contributed by atoms with Gasteiger partial charge in [-0.05, 0) is 67.6 Å². The monoisotopic (exact) mass is 582 g/mol. The fourth-order valence-corrected chi connectivity index (χ4v) is 5.68. The van der Waals surface area contributed by atoms with Gasteiger partial charge >= 0.3 is 0 Å². The van der Waals surface area contributed by atoms with Gasteiger partial charge in [0, 0.05) is 62.2 Å². The van der Waals surface area contributed by atoms with Crippen LogP contribution in [0.3, 0.4) is 0 Å². The predicted molar refractivity (Wildman–Crippen MR) is 157 cm³/mol. The standard InChI is InChI=1S/C29H23BrN6OS/c1-2-35-25-8-4-3-7-23(25)24-16-21(11-14-26(24)35)32-27(37)18-38-29-34-33-28(19-6-5-15-31-17-19)36(29)22-12-9-20(30)10-13-22/h3-17H,2,18H2,1H3,(H,32,37). The first-order valence-electron chi connectivity index (χ1n) is 12.2. The number of pyridine rings is 1. The molecule has 1 amide bonds. The zero-order chi connectivity index (χ0) is 26.1. The molecule has 188 valence electrons. The van der Waals surface area contributed by atoms with Gasteiger partial charge in [-0.25, -0.2) is 0 Å². The molecule has 0 radical (unpaired) electrons. The number of benzene rings is 3.